The number of nitrogens with two attached hydrogens (primary N) is 1. The first-order valence-electron chi connectivity index (χ1n) is 6.03. The minimum atomic E-state index is -0.671. The molecule has 0 bridgehead atoms. The maximum Gasteiger partial charge on any atom is 0.260 e. The van der Waals surface area contributed by atoms with E-state index in [-0.39, 0.29) is 28.3 Å². The van der Waals surface area contributed by atoms with Gasteiger partial charge in [0.05, 0.1) is 0 Å². The van der Waals surface area contributed by atoms with Gasteiger partial charge < -0.3 is 15.8 Å². The average Bonchev–Trinajstić information content (AvgIpc) is 3.12. The fraction of sp³-hybridized carbons (Fsp3) is 0.385. The van der Waals surface area contributed by atoms with Crippen molar-refractivity contribution in [1.82, 2.24) is 5.32 Å². The van der Waals surface area contributed by atoms with Crippen LogP contribution in [0, 0.1) is 5.82 Å². The molecule has 0 spiro atoms. The van der Waals surface area contributed by atoms with Gasteiger partial charge in [-0.2, -0.15) is 0 Å². The third kappa shape index (κ3) is 3.64. The van der Waals surface area contributed by atoms with E-state index < -0.39 is 11.9 Å². The molecule has 19 heavy (non-hydrogen) atoms. The van der Waals surface area contributed by atoms with Gasteiger partial charge in [0.2, 0.25) is 0 Å². The molecular formula is C13H15FN2O2S. The summed E-state index contributed by atoms with van der Waals surface area (Å²) in [6, 6.07) is 4.43. The van der Waals surface area contributed by atoms with Crippen LogP contribution < -0.4 is 15.8 Å². The maximum absolute atomic E-state index is 13.6. The van der Waals surface area contributed by atoms with Crippen molar-refractivity contribution in [3.8, 4) is 5.75 Å². The van der Waals surface area contributed by atoms with Gasteiger partial charge in [-0.1, -0.05) is 12.2 Å². The summed E-state index contributed by atoms with van der Waals surface area (Å²) in [7, 11) is 0. The van der Waals surface area contributed by atoms with E-state index in [0.29, 0.717) is 0 Å². The molecule has 1 unspecified atom stereocenters. The summed E-state index contributed by atoms with van der Waals surface area (Å²) in [4.78, 5) is 11.7. The minimum Gasteiger partial charge on any atom is -0.481 e. The Labute approximate surface area is 116 Å². The molecule has 0 aromatic heterocycles. The minimum absolute atomic E-state index is 0.0106. The van der Waals surface area contributed by atoms with Crippen LogP contribution in [0.25, 0.3) is 0 Å². The Hall–Kier alpha value is -1.69. The number of carbonyl (C=O) groups is 1. The van der Waals surface area contributed by atoms with Gasteiger partial charge in [-0.15, -0.1) is 0 Å². The second kappa shape index (κ2) is 5.52. The number of nitrogens with one attached hydrogen (secondary N) is 1. The van der Waals surface area contributed by atoms with Crippen LogP contribution in [0.3, 0.4) is 0 Å². The molecule has 4 nitrogen and oxygen atoms in total. The molecule has 3 N–H and O–H groups in total. The van der Waals surface area contributed by atoms with Crippen molar-refractivity contribution in [3.05, 3.63) is 29.6 Å². The van der Waals surface area contributed by atoms with Gasteiger partial charge in [-0.05, 0) is 31.9 Å². The largest absolute Gasteiger partial charge is 0.481 e. The van der Waals surface area contributed by atoms with E-state index in [1.807, 2.05) is 0 Å². The molecule has 0 radical (unpaired) electrons. The van der Waals surface area contributed by atoms with Crippen molar-refractivity contribution in [2.75, 3.05) is 0 Å². The van der Waals surface area contributed by atoms with Crippen LogP contribution in [0.5, 0.6) is 5.75 Å². The Morgan fingerprint density at radius 3 is 2.79 bits per heavy atom. The Balaban J connectivity index is 1.99. The molecule has 0 heterocycles. The molecule has 0 saturated heterocycles. The second-order valence-electron chi connectivity index (χ2n) is 4.55. The lowest BCUT2D eigenvalue weighted by Crippen LogP contribution is -2.37. The zero-order valence-electron chi connectivity index (χ0n) is 10.5. The topological polar surface area (TPSA) is 64.3 Å². The van der Waals surface area contributed by atoms with Crippen molar-refractivity contribution in [2.45, 2.75) is 31.9 Å². The van der Waals surface area contributed by atoms with Crippen LogP contribution in [0.1, 0.15) is 25.3 Å². The van der Waals surface area contributed by atoms with E-state index in [1.54, 1.807) is 13.0 Å². The number of carbonyl (C=O) groups excluding carboxylic acids is 1. The number of amides is 1. The number of benzene rings is 1. The quantitative estimate of drug-likeness (QED) is 0.803. The predicted octanol–water partition coefficient (Wildman–Crippen LogP) is 1.51. The first kappa shape index (κ1) is 13.7. The third-order valence-corrected chi connectivity index (χ3v) is 3.03. The molecule has 1 aliphatic rings. The smallest absolute Gasteiger partial charge is 0.260 e. The van der Waals surface area contributed by atoms with E-state index in [1.165, 1.54) is 12.1 Å². The molecule has 102 valence electrons. The summed E-state index contributed by atoms with van der Waals surface area (Å²) in [6.07, 6.45) is 1.35. The van der Waals surface area contributed by atoms with Gasteiger partial charge in [-0.25, -0.2) is 4.39 Å². The molecular weight excluding hydrogens is 267 g/mol. The standard InChI is InChI=1S/C13H15FN2O2S/c1-7(13(17)16-8-2-3-8)18-9-4-5-10(12(15)19)11(14)6-9/h4-8H,2-3H2,1H3,(H2,15,19)(H,16,17). The molecule has 1 saturated carbocycles. The van der Waals surface area contributed by atoms with Crippen LogP contribution in [0.2, 0.25) is 0 Å². The summed E-state index contributed by atoms with van der Waals surface area (Å²) in [6.45, 7) is 1.62. The number of hydrogen-bond donors (Lipinski definition) is 2. The highest BCUT2D eigenvalue weighted by Crippen LogP contribution is 2.20. The van der Waals surface area contributed by atoms with E-state index >= 15 is 0 Å². The van der Waals surface area contributed by atoms with Crippen LogP contribution in [0.4, 0.5) is 4.39 Å². The average molecular weight is 282 g/mol. The highest BCUT2D eigenvalue weighted by atomic mass is 32.1. The van der Waals surface area contributed by atoms with Crippen molar-refractivity contribution < 1.29 is 13.9 Å². The van der Waals surface area contributed by atoms with Gasteiger partial charge in [0, 0.05) is 17.7 Å². The molecule has 1 fully saturated rings. The Morgan fingerprint density at radius 2 is 2.26 bits per heavy atom. The van der Waals surface area contributed by atoms with Crippen LogP contribution in [-0.2, 0) is 4.79 Å². The summed E-state index contributed by atoms with van der Waals surface area (Å²) < 4.78 is 19.0. The van der Waals surface area contributed by atoms with Gasteiger partial charge in [-0.3, -0.25) is 4.79 Å². The van der Waals surface area contributed by atoms with Crippen molar-refractivity contribution in [1.29, 1.82) is 0 Å². The fourth-order valence-corrected chi connectivity index (χ4v) is 1.74. The summed E-state index contributed by atoms with van der Waals surface area (Å²) in [5.74, 6) is -0.475. The molecule has 2 rings (SSSR count). The highest BCUT2D eigenvalue weighted by molar-refractivity contribution is 7.80. The molecule has 1 aromatic rings. The molecule has 0 aliphatic heterocycles. The van der Waals surface area contributed by atoms with Gasteiger partial charge in [0.1, 0.15) is 16.6 Å². The van der Waals surface area contributed by atoms with Gasteiger partial charge >= 0.3 is 0 Å². The molecule has 1 aromatic carbocycles. The number of rotatable bonds is 5. The number of thiocarbonyl (C=S) groups is 1. The summed E-state index contributed by atoms with van der Waals surface area (Å²) in [5.41, 5.74) is 5.53. The maximum atomic E-state index is 13.6. The van der Waals surface area contributed by atoms with Crippen LogP contribution >= 0.6 is 12.2 Å². The zero-order chi connectivity index (χ0) is 14.0. The zero-order valence-corrected chi connectivity index (χ0v) is 11.3. The van der Waals surface area contributed by atoms with E-state index in [9.17, 15) is 9.18 Å². The van der Waals surface area contributed by atoms with Crippen molar-refractivity contribution in [2.24, 2.45) is 5.73 Å². The Morgan fingerprint density at radius 1 is 1.58 bits per heavy atom. The third-order valence-electron chi connectivity index (χ3n) is 2.81. The second-order valence-corrected chi connectivity index (χ2v) is 4.99. The Bertz CT molecular complexity index is 517. The van der Waals surface area contributed by atoms with Crippen molar-refractivity contribution >= 4 is 23.1 Å². The van der Waals surface area contributed by atoms with E-state index in [2.05, 4.69) is 5.32 Å². The van der Waals surface area contributed by atoms with E-state index in [4.69, 9.17) is 22.7 Å². The van der Waals surface area contributed by atoms with E-state index in [0.717, 1.165) is 12.8 Å². The van der Waals surface area contributed by atoms with Crippen molar-refractivity contribution in [3.63, 3.8) is 0 Å². The number of halogens is 1. The molecule has 6 heteroatoms. The fourth-order valence-electron chi connectivity index (χ4n) is 1.57. The molecule has 1 aliphatic carbocycles. The normalized spacial score (nSPS) is 15.7. The Kier molecular flexibility index (Phi) is 3.99. The first-order chi connectivity index (χ1) is 8.97. The predicted molar refractivity (Wildman–Crippen MR) is 73.5 cm³/mol. The van der Waals surface area contributed by atoms with Crippen LogP contribution in [-0.4, -0.2) is 23.0 Å². The molecule has 1 amide bonds. The lowest BCUT2D eigenvalue weighted by molar-refractivity contribution is -0.127. The highest BCUT2D eigenvalue weighted by Gasteiger charge is 2.26. The summed E-state index contributed by atoms with van der Waals surface area (Å²) in [5, 5.41) is 2.82. The number of ether oxygens (including phenoxy) is 1. The van der Waals surface area contributed by atoms with Crippen LogP contribution in [0.15, 0.2) is 18.2 Å². The van der Waals surface area contributed by atoms with Gasteiger partial charge in [0.15, 0.2) is 6.10 Å². The monoisotopic (exact) mass is 282 g/mol. The SMILES string of the molecule is CC(Oc1ccc(C(N)=S)c(F)c1)C(=O)NC1CC1. The lowest BCUT2D eigenvalue weighted by atomic mass is 10.2. The summed E-state index contributed by atoms with van der Waals surface area (Å²) >= 11 is 4.71. The van der Waals surface area contributed by atoms with Gasteiger partial charge in [0.25, 0.3) is 5.91 Å². The number of hydrogen-bond acceptors (Lipinski definition) is 3. The lowest BCUT2D eigenvalue weighted by Gasteiger charge is -2.15. The first-order valence-corrected chi connectivity index (χ1v) is 6.44. The molecule has 1 atom stereocenters.